The Morgan fingerprint density at radius 1 is 1.33 bits per heavy atom. The number of benzene rings is 1. The van der Waals surface area contributed by atoms with Gasteiger partial charge in [0.25, 0.3) is 0 Å². The van der Waals surface area contributed by atoms with Crippen LogP contribution in [0.25, 0.3) is 10.6 Å². The Morgan fingerprint density at radius 2 is 2.05 bits per heavy atom. The topological polar surface area (TPSA) is 24.9 Å². The number of aromatic nitrogens is 1. The van der Waals surface area contributed by atoms with Crippen LogP contribution in [0.1, 0.15) is 38.3 Å². The summed E-state index contributed by atoms with van der Waals surface area (Å²) in [5.74, 6) is -0.328. The third-order valence-corrected chi connectivity index (χ3v) is 4.50. The predicted octanol–water partition coefficient (Wildman–Crippen LogP) is 5.05. The second-order valence-corrected chi connectivity index (χ2v) is 7.46. The van der Waals surface area contributed by atoms with Gasteiger partial charge in [0.05, 0.1) is 10.7 Å². The Labute approximate surface area is 134 Å². The molecule has 0 aliphatic heterocycles. The third-order valence-electron chi connectivity index (χ3n) is 3.05. The van der Waals surface area contributed by atoms with E-state index in [0.29, 0.717) is 5.02 Å². The van der Waals surface area contributed by atoms with Crippen LogP contribution in [-0.2, 0) is 13.0 Å². The number of nitrogens with zero attached hydrogens (tertiary/aromatic N) is 1. The lowest BCUT2D eigenvalue weighted by molar-refractivity contribution is 0.425. The van der Waals surface area contributed by atoms with Gasteiger partial charge in [-0.2, -0.15) is 0 Å². The highest BCUT2D eigenvalue weighted by atomic mass is 35.5. The van der Waals surface area contributed by atoms with Crippen molar-refractivity contribution < 1.29 is 4.39 Å². The van der Waals surface area contributed by atoms with Crippen molar-refractivity contribution in [1.29, 1.82) is 0 Å². The minimum absolute atomic E-state index is 0.0582. The predicted molar refractivity (Wildman–Crippen MR) is 88.5 cm³/mol. The highest BCUT2D eigenvalue weighted by Crippen LogP contribution is 2.33. The van der Waals surface area contributed by atoms with E-state index in [1.807, 2.05) is 0 Å². The molecule has 2 nitrogen and oxygen atoms in total. The number of thiazole rings is 1. The molecule has 0 atom stereocenters. The van der Waals surface area contributed by atoms with Crippen LogP contribution in [0, 0.1) is 5.82 Å². The van der Waals surface area contributed by atoms with Crippen molar-refractivity contribution in [1.82, 2.24) is 10.3 Å². The summed E-state index contributed by atoms with van der Waals surface area (Å²) in [5, 5.41) is 4.73. The fourth-order valence-corrected chi connectivity index (χ4v) is 3.36. The molecule has 1 N–H and O–H groups in total. The zero-order chi connectivity index (χ0) is 15.6. The van der Waals surface area contributed by atoms with E-state index in [4.69, 9.17) is 11.6 Å². The molecule has 0 aliphatic carbocycles. The molecule has 0 radical (unpaired) electrons. The maximum atomic E-state index is 13.2. The van der Waals surface area contributed by atoms with E-state index in [2.05, 4.69) is 38.0 Å². The zero-order valence-electron chi connectivity index (χ0n) is 12.8. The summed E-state index contributed by atoms with van der Waals surface area (Å²) in [4.78, 5) is 5.87. The van der Waals surface area contributed by atoms with Crippen LogP contribution >= 0.6 is 22.9 Å². The number of rotatable bonds is 4. The van der Waals surface area contributed by atoms with Crippen LogP contribution < -0.4 is 5.32 Å². The van der Waals surface area contributed by atoms with Gasteiger partial charge in [-0.15, -0.1) is 11.3 Å². The Balaban J connectivity index is 2.31. The Morgan fingerprint density at radius 3 is 2.62 bits per heavy atom. The van der Waals surface area contributed by atoms with Gasteiger partial charge in [-0.25, -0.2) is 9.37 Å². The molecule has 5 heteroatoms. The summed E-state index contributed by atoms with van der Waals surface area (Å²) < 4.78 is 13.2. The lowest BCUT2D eigenvalue weighted by atomic mass is 10.1. The number of hydrogen-bond acceptors (Lipinski definition) is 3. The standard InChI is InChI=1S/C16H20ClFN2S/c1-5-13-14(9-19-16(2,3)4)21-15(20-13)11-7-6-10(18)8-12(11)17/h6-8,19H,5,9H2,1-4H3. The molecule has 0 amide bonds. The lowest BCUT2D eigenvalue weighted by Gasteiger charge is -2.20. The molecule has 114 valence electrons. The minimum Gasteiger partial charge on any atom is -0.307 e. The average Bonchev–Trinajstić information content (AvgIpc) is 2.78. The Kier molecular flexibility index (Phi) is 5.02. The molecule has 1 aromatic carbocycles. The first-order valence-electron chi connectivity index (χ1n) is 6.99. The number of hydrogen-bond donors (Lipinski definition) is 1. The molecule has 0 fully saturated rings. The quantitative estimate of drug-likeness (QED) is 0.850. The summed E-state index contributed by atoms with van der Waals surface area (Å²) in [7, 11) is 0. The Bertz CT molecular complexity index is 632. The molecular formula is C16H20ClFN2S. The molecule has 0 spiro atoms. The molecule has 2 aromatic rings. The van der Waals surface area contributed by atoms with Gasteiger partial charge in [-0.3, -0.25) is 0 Å². The fourth-order valence-electron chi connectivity index (χ4n) is 1.92. The third kappa shape index (κ3) is 4.25. The van der Waals surface area contributed by atoms with Gasteiger partial charge in [-0.1, -0.05) is 18.5 Å². The molecule has 0 unspecified atom stereocenters. The van der Waals surface area contributed by atoms with E-state index in [9.17, 15) is 4.39 Å². The summed E-state index contributed by atoms with van der Waals surface area (Å²) in [5.41, 5.74) is 1.93. The first-order chi connectivity index (χ1) is 9.80. The van der Waals surface area contributed by atoms with E-state index in [1.165, 1.54) is 17.0 Å². The Hall–Kier alpha value is -0.970. The maximum absolute atomic E-state index is 13.2. The number of nitrogens with one attached hydrogen (secondary N) is 1. The number of aryl methyl sites for hydroxylation is 1. The SMILES string of the molecule is CCc1nc(-c2ccc(F)cc2Cl)sc1CNC(C)(C)C. The molecular weight excluding hydrogens is 307 g/mol. The van der Waals surface area contributed by atoms with Crippen molar-refractivity contribution in [2.24, 2.45) is 0 Å². The normalized spacial score (nSPS) is 11.9. The summed E-state index contributed by atoms with van der Waals surface area (Å²) in [6, 6.07) is 4.44. The van der Waals surface area contributed by atoms with Gasteiger partial charge in [-0.05, 0) is 45.4 Å². The van der Waals surface area contributed by atoms with Gasteiger partial charge in [0.2, 0.25) is 0 Å². The summed E-state index contributed by atoms with van der Waals surface area (Å²) >= 11 is 7.75. The second kappa shape index (κ2) is 6.42. The van der Waals surface area contributed by atoms with Crippen molar-refractivity contribution in [3.05, 3.63) is 39.6 Å². The first kappa shape index (κ1) is 16.4. The lowest BCUT2D eigenvalue weighted by Crippen LogP contribution is -2.35. The van der Waals surface area contributed by atoms with Gasteiger partial charge in [0.15, 0.2) is 0 Å². The van der Waals surface area contributed by atoms with Crippen LogP contribution in [-0.4, -0.2) is 10.5 Å². The van der Waals surface area contributed by atoms with Crippen molar-refractivity contribution >= 4 is 22.9 Å². The maximum Gasteiger partial charge on any atom is 0.125 e. The van der Waals surface area contributed by atoms with Crippen molar-refractivity contribution in [2.75, 3.05) is 0 Å². The molecule has 0 bridgehead atoms. The van der Waals surface area contributed by atoms with E-state index in [0.717, 1.165) is 29.2 Å². The first-order valence-corrected chi connectivity index (χ1v) is 8.18. The molecule has 1 heterocycles. The highest BCUT2D eigenvalue weighted by molar-refractivity contribution is 7.15. The van der Waals surface area contributed by atoms with Crippen molar-refractivity contribution in [3.8, 4) is 10.6 Å². The molecule has 21 heavy (non-hydrogen) atoms. The monoisotopic (exact) mass is 326 g/mol. The van der Waals surface area contributed by atoms with E-state index in [-0.39, 0.29) is 11.4 Å². The molecule has 1 aromatic heterocycles. The molecule has 0 saturated heterocycles. The van der Waals surface area contributed by atoms with Crippen LogP contribution in [0.3, 0.4) is 0 Å². The van der Waals surface area contributed by atoms with E-state index >= 15 is 0 Å². The summed E-state index contributed by atoms with van der Waals surface area (Å²) in [6.45, 7) is 9.28. The van der Waals surface area contributed by atoms with Crippen molar-refractivity contribution in [3.63, 3.8) is 0 Å². The minimum atomic E-state index is -0.328. The zero-order valence-corrected chi connectivity index (χ0v) is 14.3. The molecule has 2 rings (SSSR count). The second-order valence-electron chi connectivity index (χ2n) is 5.97. The van der Waals surface area contributed by atoms with Crippen LogP contribution in [0.5, 0.6) is 0 Å². The van der Waals surface area contributed by atoms with Crippen molar-refractivity contribution in [2.45, 2.75) is 46.2 Å². The summed E-state index contributed by atoms with van der Waals surface area (Å²) in [6.07, 6.45) is 0.871. The van der Waals surface area contributed by atoms with Gasteiger partial charge in [0.1, 0.15) is 10.8 Å². The van der Waals surface area contributed by atoms with Crippen LogP contribution in [0.15, 0.2) is 18.2 Å². The van der Waals surface area contributed by atoms with E-state index < -0.39 is 0 Å². The van der Waals surface area contributed by atoms with Gasteiger partial charge < -0.3 is 5.32 Å². The number of halogens is 2. The average molecular weight is 327 g/mol. The van der Waals surface area contributed by atoms with Gasteiger partial charge in [0, 0.05) is 22.5 Å². The van der Waals surface area contributed by atoms with Crippen LogP contribution in [0.4, 0.5) is 4.39 Å². The van der Waals surface area contributed by atoms with Crippen LogP contribution in [0.2, 0.25) is 5.02 Å². The fraction of sp³-hybridized carbons (Fsp3) is 0.438. The smallest absolute Gasteiger partial charge is 0.125 e. The van der Waals surface area contributed by atoms with Gasteiger partial charge >= 0.3 is 0 Å². The van der Waals surface area contributed by atoms with E-state index in [1.54, 1.807) is 17.4 Å². The molecule has 0 aliphatic rings. The molecule has 0 saturated carbocycles. The largest absolute Gasteiger partial charge is 0.307 e. The highest BCUT2D eigenvalue weighted by Gasteiger charge is 2.16.